The van der Waals surface area contributed by atoms with E-state index in [-0.39, 0.29) is 6.04 Å². The Labute approximate surface area is 105 Å². The average molecular weight is 251 g/mol. The molecule has 4 heteroatoms. The smallest absolute Gasteiger partial charge is 0.126 e. The zero-order valence-corrected chi connectivity index (χ0v) is 10.3. The second-order valence-electron chi connectivity index (χ2n) is 4.25. The van der Waals surface area contributed by atoms with E-state index in [0.29, 0.717) is 12.0 Å². The predicted octanol–water partition coefficient (Wildman–Crippen LogP) is 3.37. The fraction of sp³-hybridized carbons (Fsp3) is 0.286. The summed E-state index contributed by atoms with van der Waals surface area (Å²) in [7, 11) is 1.77. The molecule has 2 aromatic rings. The first kappa shape index (κ1) is 12.8. The van der Waals surface area contributed by atoms with Gasteiger partial charge in [0.25, 0.3) is 0 Å². The maximum absolute atomic E-state index is 13.6. The molecule has 0 aliphatic rings. The van der Waals surface area contributed by atoms with Crippen molar-refractivity contribution >= 4 is 0 Å². The summed E-state index contributed by atoms with van der Waals surface area (Å²) in [6.45, 7) is 1.92. The van der Waals surface area contributed by atoms with Crippen molar-refractivity contribution in [2.75, 3.05) is 7.05 Å². The van der Waals surface area contributed by atoms with Crippen LogP contribution in [0, 0.1) is 18.6 Å². The Kier molecular flexibility index (Phi) is 3.77. The van der Waals surface area contributed by atoms with Crippen LogP contribution in [0.3, 0.4) is 0 Å². The molecule has 0 spiro atoms. The van der Waals surface area contributed by atoms with Gasteiger partial charge in [-0.3, -0.25) is 0 Å². The van der Waals surface area contributed by atoms with Crippen molar-refractivity contribution in [1.29, 1.82) is 0 Å². The van der Waals surface area contributed by atoms with Crippen LogP contribution >= 0.6 is 0 Å². The number of furan rings is 1. The minimum Gasteiger partial charge on any atom is -0.467 e. The number of aryl methyl sites for hydroxylation is 1. The van der Waals surface area contributed by atoms with Gasteiger partial charge in [-0.1, -0.05) is 0 Å². The largest absolute Gasteiger partial charge is 0.467 e. The molecule has 1 aromatic heterocycles. The van der Waals surface area contributed by atoms with Gasteiger partial charge in [0.05, 0.1) is 12.3 Å². The van der Waals surface area contributed by atoms with E-state index in [1.54, 1.807) is 13.3 Å². The lowest BCUT2D eigenvalue weighted by Gasteiger charge is -2.15. The summed E-state index contributed by atoms with van der Waals surface area (Å²) >= 11 is 0. The number of benzene rings is 1. The molecule has 0 aliphatic heterocycles. The van der Waals surface area contributed by atoms with Crippen molar-refractivity contribution in [2.24, 2.45) is 0 Å². The van der Waals surface area contributed by atoms with Crippen LogP contribution < -0.4 is 5.32 Å². The van der Waals surface area contributed by atoms with E-state index in [2.05, 4.69) is 5.32 Å². The first-order chi connectivity index (χ1) is 8.61. The molecule has 1 atom stereocenters. The quantitative estimate of drug-likeness (QED) is 0.901. The zero-order valence-electron chi connectivity index (χ0n) is 10.3. The zero-order chi connectivity index (χ0) is 13.1. The molecule has 0 saturated heterocycles. The Morgan fingerprint density at radius 2 is 2.06 bits per heavy atom. The highest BCUT2D eigenvalue weighted by Gasteiger charge is 2.17. The topological polar surface area (TPSA) is 25.2 Å². The van der Waals surface area contributed by atoms with Crippen LogP contribution in [-0.4, -0.2) is 7.05 Å². The fourth-order valence-corrected chi connectivity index (χ4v) is 1.99. The Morgan fingerprint density at radius 3 is 2.67 bits per heavy atom. The van der Waals surface area contributed by atoms with E-state index < -0.39 is 11.6 Å². The molecule has 18 heavy (non-hydrogen) atoms. The molecule has 1 aromatic carbocycles. The summed E-state index contributed by atoms with van der Waals surface area (Å²) < 4.78 is 32.1. The number of hydrogen-bond donors (Lipinski definition) is 1. The van der Waals surface area contributed by atoms with Crippen LogP contribution in [0.15, 0.2) is 34.9 Å². The standard InChI is InChI=1S/C14H15F2NO/c1-9-5-6-18-14(9)13(17-2)8-10-7-11(15)3-4-12(10)16/h3-7,13,17H,8H2,1-2H3. The van der Waals surface area contributed by atoms with Gasteiger partial charge in [0.15, 0.2) is 0 Å². The maximum atomic E-state index is 13.6. The van der Waals surface area contributed by atoms with Crippen LogP contribution in [0.4, 0.5) is 8.78 Å². The number of nitrogens with one attached hydrogen (secondary N) is 1. The van der Waals surface area contributed by atoms with Gasteiger partial charge in [0.1, 0.15) is 17.4 Å². The summed E-state index contributed by atoms with van der Waals surface area (Å²) in [6.07, 6.45) is 1.94. The molecule has 0 amide bonds. The van der Waals surface area contributed by atoms with Gasteiger partial charge < -0.3 is 9.73 Å². The predicted molar refractivity (Wildman–Crippen MR) is 65.3 cm³/mol. The number of rotatable bonds is 4. The van der Waals surface area contributed by atoms with Crippen LogP contribution in [0.25, 0.3) is 0 Å². The number of halogens is 2. The Balaban J connectivity index is 2.26. The highest BCUT2D eigenvalue weighted by Crippen LogP contribution is 2.23. The third kappa shape index (κ3) is 2.59. The summed E-state index contributed by atoms with van der Waals surface area (Å²) in [5.74, 6) is -0.0839. The molecule has 2 nitrogen and oxygen atoms in total. The van der Waals surface area contributed by atoms with E-state index in [1.807, 2.05) is 13.0 Å². The lowest BCUT2D eigenvalue weighted by Crippen LogP contribution is -2.19. The monoisotopic (exact) mass is 251 g/mol. The van der Waals surface area contributed by atoms with Crippen molar-refractivity contribution in [2.45, 2.75) is 19.4 Å². The third-order valence-electron chi connectivity index (χ3n) is 3.00. The highest BCUT2D eigenvalue weighted by molar-refractivity contribution is 5.24. The molecular weight excluding hydrogens is 236 g/mol. The van der Waals surface area contributed by atoms with Crippen LogP contribution in [0.5, 0.6) is 0 Å². The minimum atomic E-state index is -0.433. The molecule has 0 bridgehead atoms. The molecule has 2 rings (SSSR count). The van der Waals surface area contributed by atoms with Crippen molar-refractivity contribution in [3.05, 3.63) is 59.1 Å². The van der Waals surface area contributed by atoms with Crippen molar-refractivity contribution < 1.29 is 13.2 Å². The lowest BCUT2D eigenvalue weighted by molar-refractivity contribution is 0.422. The first-order valence-corrected chi connectivity index (χ1v) is 5.77. The SMILES string of the molecule is CNC(Cc1cc(F)ccc1F)c1occc1C. The third-order valence-corrected chi connectivity index (χ3v) is 3.00. The molecule has 96 valence electrons. The van der Waals surface area contributed by atoms with Gasteiger partial charge in [-0.05, 0) is 55.8 Å². The van der Waals surface area contributed by atoms with Crippen LogP contribution in [0.2, 0.25) is 0 Å². The fourth-order valence-electron chi connectivity index (χ4n) is 1.99. The van der Waals surface area contributed by atoms with Gasteiger partial charge in [0.2, 0.25) is 0 Å². The molecular formula is C14H15F2NO. The average Bonchev–Trinajstić information content (AvgIpc) is 2.77. The van der Waals surface area contributed by atoms with E-state index in [4.69, 9.17) is 4.42 Å². The molecule has 0 saturated carbocycles. The van der Waals surface area contributed by atoms with Gasteiger partial charge in [-0.25, -0.2) is 8.78 Å². The number of hydrogen-bond acceptors (Lipinski definition) is 2. The molecule has 1 unspecified atom stereocenters. The summed E-state index contributed by atoms with van der Waals surface area (Å²) in [5, 5.41) is 3.06. The summed E-state index contributed by atoms with van der Waals surface area (Å²) in [5.41, 5.74) is 1.33. The van der Waals surface area contributed by atoms with Crippen molar-refractivity contribution in [3.63, 3.8) is 0 Å². The maximum Gasteiger partial charge on any atom is 0.126 e. The Morgan fingerprint density at radius 1 is 1.28 bits per heavy atom. The van der Waals surface area contributed by atoms with Gasteiger partial charge in [-0.15, -0.1) is 0 Å². The van der Waals surface area contributed by atoms with Gasteiger partial charge in [-0.2, -0.15) is 0 Å². The van der Waals surface area contributed by atoms with E-state index in [0.717, 1.165) is 23.5 Å². The van der Waals surface area contributed by atoms with Crippen molar-refractivity contribution in [1.82, 2.24) is 5.32 Å². The minimum absolute atomic E-state index is 0.170. The van der Waals surface area contributed by atoms with Crippen molar-refractivity contribution in [3.8, 4) is 0 Å². The van der Waals surface area contributed by atoms with Gasteiger partial charge in [0, 0.05) is 0 Å². The Bertz CT molecular complexity index is 536. The summed E-state index contributed by atoms with van der Waals surface area (Å²) in [4.78, 5) is 0. The molecule has 1 N–H and O–H groups in total. The molecule has 0 fully saturated rings. The van der Waals surface area contributed by atoms with Crippen LogP contribution in [0.1, 0.15) is 22.9 Å². The van der Waals surface area contributed by atoms with E-state index in [1.165, 1.54) is 6.07 Å². The Hall–Kier alpha value is -1.68. The number of likely N-dealkylation sites (N-methyl/N-ethyl adjacent to an activating group) is 1. The molecule has 1 heterocycles. The first-order valence-electron chi connectivity index (χ1n) is 5.77. The van der Waals surface area contributed by atoms with Crippen LogP contribution in [-0.2, 0) is 6.42 Å². The van der Waals surface area contributed by atoms with E-state index in [9.17, 15) is 8.78 Å². The second-order valence-corrected chi connectivity index (χ2v) is 4.25. The lowest BCUT2D eigenvalue weighted by atomic mass is 10.0. The highest BCUT2D eigenvalue weighted by atomic mass is 19.1. The van der Waals surface area contributed by atoms with Gasteiger partial charge >= 0.3 is 0 Å². The normalized spacial score (nSPS) is 12.7. The van der Waals surface area contributed by atoms with E-state index >= 15 is 0 Å². The molecule has 0 radical (unpaired) electrons. The summed E-state index contributed by atoms with van der Waals surface area (Å²) in [6, 6.07) is 5.16. The second kappa shape index (κ2) is 5.31. The molecule has 0 aliphatic carbocycles.